The fourth-order valence-corrected chi connectivity index (χ4v) is 3.38. The Morgan fingerprint density at radius 2 is 1.73 bits per heavy atom. The molecule has 0 heterocycles. The third-order valence-electron chi connectivity index (χ3n) is 5.10. The predicted octanol–water partition coefficient (Wildman–Crippen LogP) is 4.45. The summed E-state index contributed by atoms with van der Waals surface area (Å²) in [5.74, 6) is -1.35. The molecule has 0 aliphatic rings. The van der Waals surface area contributed by atoms with Gasteiger partial charge in [0.05, 0.1) is 12.7 Å². The first-order chi connectivity index (χ1) is 14.0. The molecule has 0 radical (unpaired) electrons. The van der Waals surface area contributed by atoms with Crippen LogP contribution in [0.15, 0.2) is 42.0 Å². The standard InChI is InChI=1S/C24H30O6/c1-14(2)6-11-17-19(26)13-21(30-5)22(23(17)28)20(27)12-18(24(3,4)29)15-7-9-16(25)10-8-15/h6-10,13,18,25-26,28-29H,11-12H2,1-5H3. The molecule has 1 unspecified atom stereocenters. The molecule has 0 aliphatic heterocycles. The fourth-order valence-electron chi connectivity index (χ4n) is 3.38. The van der Waals surface area contributed by atoms with E-state index < -0.39 is 17.3 Å². The Labute approximate surface area is 177 Å². The van der Waals surface area contributed by atoms with Gasteiger partial charge in [-0.05, 0) is 51.8 Å². The lowest BCUT2D eigenvalue weighted by Crippen LogP contribution is -2.31. The summed E-state index contributed by atoms with van der Waals surface area (Å²) in [6.45, 7) is 7.00. The Hall–Kier alpha value is -2.99. The number of methoxy groups -OCH3 is 1. The maximum Gasteiger partial charge on any atom is 0.171 e. The average Bonchev–Trinajstić information content (AvgIpc) is 2.65. The summed E-state index contributed by atoms with van der Waals surface area (Å²) in [6.07, 6.45) is 1.99. The number of carbonyl (C=O) groups is 1. The molecule has 0 aliphatic carbocycles. The molecule has 0 saturated carbocycles. The SMILES string of the molecule is COc1cc(O)c(CC=C(C)C)c(O)c1C(=O)CC(c1ccc(O)cc1)C(C)(C)O. The molecule has 6 nitrogen and oxygen atoms in total. The summed E-state index contributed by atoms with van der Waals surface area (Å²) in [4.78, 5) is 13.2. The first-order valence-electron chi connectivity index (χ1n) is 9.75. The number of aliphatic hydroxyl groups is 1. The van der Waals surface area contributed by atoms with Crippen LogP contribution in [-0.4, -0.2) is 38.9 Å². The van der Waals surface area contributed by atoms with Crippen molar-refractivity contribution in [3.05, 3.63) is 58.7 Å². The Bertz CT molecular complexity index is 932. The molecule has 2 aromatic rings. The van der Waals surface area contributed by atoms with E-state index in [-0.39, 0.29) is 47.0 Å². The Balaban J connectivity index is 2.50. The number of ketones is 1. The zero-order chi connectivity index (χ0) is 22.6. The van der Waals surface area contributed by atoms with Crippen LogP contribution in [0.4, 0.5) is 0 Å². The lowest BCUT2D eigenvalue weighted by Gasteiger charge is -2.30. The number of hydrogen-bond donors (Lipinski definition) is 4. The normalized spacial score (nSPS) is 12.3. The van der Waals surface area contributed by atoms with Gasteiger partial charge in [-0.15, -0.1) is 0 Å². The van der Waals surface area contributed by atoms with Crippen LogP contribution in [0.1, 0.15) is 61.5 Å². The maximum absolute atomic E-state index is 13.2. The first kappa shape index (κ1) is 23.3. The summed E-state index contributed by atoms with van der Waals surface area (Å²) >= 11 is 0. The molecule has 6 heteroatoms. The third-order valence-corrected chi connectivity index (χ3v) is 5.10. The van der Waals surface area contributed by atoms with E-state index in [4.69, 9.17) is 4.74 Å². The topological polar surface area (TPSA) is 107 Å². The zero-order valence-electron chi connectivity index (χ0n) is 18.1. The number of carbonyl (C=O) groups excluding carboxylic acids is 1. The largest absolute Gasteiger partial charge is 0.508 e. The number of allylic oxidation sites excluding steroid dienone is 2. The van der Waals surface area contributed by atoms with Crippen molar-refractivity contribution < 1.29 is 30.0 Å². The molecular weight excluding hydrogens is 384 g/mol. The Morgan fingerprint density at radius 1 is 1.13 bits per heavy atom. The van der Waals surface area contributed by atoms with Gasteiger partial charge in [0.1, 0.15) is 28.6 Å². The molecule has 1 atom stereocenters. The van der Waals surface area contributed by atoms with Gasteiger partial charge in [-0.3, -0.25) is 4.79 Å². The first-order valence-corrected chi connectivity index (χ1v) is 9.75. The molecule has 0 amide bonds. The van der Waals surface area contributed by atoms with Crippen LogP contribution in [0.2, 0.25) is 0 Å². The van der Waals surface area contributed by atoms with Crippen LogP contribution in [0.3, 0.4) is 0 Å². The molecule has 0 saturated heterocycles. The number of phenols is 3. The van der Waals surface area contributed by atoms with E-state index in [2.05, 4.69) is 0 Å². The van der Waals surface area contributed by atoms with Crippen molar-refractivity contribution in [2.24, 2.45) is 0 Å². The van der Waals surface area contributed by atoms with Crippen LogP contribution in [0, 0.1) is 0 Å². The molecule has 0 bridgehead atoms. The number of hydrogen-bond acceptors (Lipinski definition) is 6. The second-order valence-electron chi connectivity index (χ2n) is 8.21. The Kier molecular flexibility index (Phi) is 7.16. The summed E-state index contributed by atoms with van der Waals surface area (Å²) in [5.41, 5.74) is 0.657. The second-order valence-corrected chi connectivity index (χ2v) is 8.21. The van der Waals surface area contributed by atoms with Crippen molar-refractivity contribution in [3.63, 3.8) is 0 Å². The van der Waals surface area contributed by atoms with E-state index >= 15 is 0 Å². The van der Waals surface area contributed by atoms with Gasteiger partial charge < -0.3 is 25.2 Å². The van der Waals surface area contributed by atoms with Crippen LogP contribution in [0.25, 0.3) is 0 Å². The summed E-state index contributed by atoms with van der Waals surface area (Å²) in [5, 5.41) is 41.3. The van der Waals surface area contributed by atoms with E-state index in [0.29, 0.717) is 5.56 Å². The summed E-state index contributed by atoms with van der Waals surface area (Å²) in [7, 11) is 1.36. The third kappa shape index (κ3) is 5.33. The van der Waals surface area contributed by atoms with E-state index in [1.165, 1.54) is 25.3 Å². The molecule has 2 aromatic carbocycles. The highest BCUT2D eigenvalue weighted by molar-refractivity contribution is 6.02. The number of ether oxygens (including phenoxy) is 1. The van der Waals surface area contributed by atoms with Crippen molar-refractivity contribution in [2.45, 2.75) is 52.1 Å². The monoisotopic (exact) mass is 414 g/mol. The van der Waals surface area contributed by atoms with Crippen LogP contribution in [0.5, 0.6) is 23.0 Å². The molecule has 0 fully saturated rings. The van der Waals surface area contributed by atoms with Gasteiger partial charge >= 0.3 is 0 Å². The average molecular weight is 414 g/mol. The van der Waals surface area contributed by atoms with Gasteiger partial charge in [-0.2, -0.15) is 0 Å². The van der Waals surface area contributed by atoms with Crippen molar-refractivity contribution >= 4 is 5.78 Å². The Morgan fingerprint density at radius 3 is 2.23 bits per heavy atom. The number of phenolic OH excluding ortho intramolecular Hbond substituents is 3. The number of benzene rings is 2. The van der Waals surface area contributed by atoms with Crippen molar-refractivity contribution in [2.75, 3.05) is 7.11 Å². The van der Waals surface area contributed by atoms with Crippen molar-refractivity contribution in [1.82, 2.24) is 0 Å². The molecule has 2 rings (SSSR count). The highest BCUT2D eigenvalue weighted by Gasteiger charge is 2.33. The highest BCUT2D eigenvalue weighted by atomic mass is 16.5. The van der Waals surface area contributed by atoms with Crippen molar-refractivity contribution in [3.8, 4) is 23.0 Å². The molecule has 162 valence electrons. The number of rotatable bonds is 8. The minimum atomic E-state index is -1.24. The van der Waals surface area contributed by atoms with Gasteiger partial charge in [0.15, 0.2) is 5.78 Å². The van der Waals surface area contributed by atoms with Crippen LogP contribution in [-0.2, 0) is 6.42 Å². The number of aromatic hydroxyl groups is 3. The van der Waals surface area contributed by atoms with Crippen LogP contribution >= 0.6 is 0 Å². The predicted molar refractivity (Wildman–Crippen MR) is 116 cm³/mol. The van der Waals surface area contributed by atoms with Gasteiger partial charge in [0.25, 0.3) is 0 Å². The van der Waals surface area contributed by atoms with E-state index in [9.17, 15) is 25.2 Å². The van der Waals surface area contributed by atoms with Gasteiger partial charge in [0, 0.05) is 24.0 Å². The van der Waals surface area contributed by atoms with E-state index in [0.717, 1.165) is 5.57 Å². The fraction of sp³-hybridized carbons (Fsp3) is 0.375. The highest BCUT2D eigenvalue weighted by Crippen LogP contribution is 2.41. The van der Waals surface area contributed by atoms with Crippen LogP contribution < -0.4 is 4.74 Å². The van der Waals surface area contributed by atoms with Crippen molar-refractivity contribution in [1.29, 1.82) is 0 Å². The van der Waals surface area contributed by atoms with E-state index in [1.807, 2.05) is 19.9 Å². The summed E-state index contributed by atoms with van der Waals surface area (Å²) in [6, 6.07) is 7.61. The zero-order valence-corrected chi connectivity index (χ0v) is 18.1. The second kappa shape index (κ2) is 9.22. The molecule has 30 heavy (non-hydrogen) atoms. The lowest BCUT2D eigenvalue weighted by atomic mass is 9.80. The van der Waals surface area contributed by atoms with Gasteiger partial charge in [0.2, 0.25) is 0 Å². The van der Waals surface area contributed by atoms with Gasteiger partial charge in [-0.25, -0.2) is 0 Å². The quantitative estimate of drug-likeness (QED) is 0.376. The minimum absolute atomic E-state index is 0.0273. The molecule has 0 aromatic heterocycles. The molecule has 4 N–H and O–H groups in total. The number of Topliss-reactive ketones (excluding diaryl/α,β-unsaturated/α-hetero) is 1. The summed E-state index contributed by atoms with van der Waals surface area (Å²) < 4.78 is 5.25. The smallest absolute Gasteiger partial charge is 0.171 e. The van der Waals surface area contributed by atoms with E-state index in [1.54, 1.807) is 26.0 Å². The maximum atomic E-state index is 13.2. The lowest BCUT2D eigenvalue weighted by molar-refractivity contribution is 0.0439. The molecular formula is C24H30O6. The minimum Gasteiger partial charge on any atom is -0.508 e. The molecule has 0 spiro atoms. The van der Waals surface area contributed by atoms with Gasteiger partial charge in [-0.1, -0.05) is 23.8 Å².